The molecule has 2 aromatic heterocycles. The highest BCUT2D eigenvalue weighted by molar-refractivity contribution is 5.91. The van der Waals surface area contributed by atoms with Crippen molar-refractivity contribution in [1.29, 1.82) is 0 Å². The molecule has 14 heteroatoms. The average Bonchev–Trinajstić information content (AvgIpc) is 3.44. The van der Waals surface area contributed by atoms with Crippen LogP contribution < -0.4 is 22.6 Å². The molecular formula is C33H50FN7O6. The van der Waals surface area contributed by atoms with Crippen LogP contribution in [0, 0.1) is 5.82 Å². The third-order valence-corrected chi connectivity index (χ3v) is 6.32. The molecule has 1 unspecified atom stereocenters. The Bertz CT molecular complexity index is 1590. The molecule has 3 aromatic rings. The van der Waals surface area contributed by atoms with Crippen molar-refractivity contribution in [2.75, 3.05) is 18.4 Å². The number of aliphatic hydroxyl groups is 1. The van der Waals surface area contributed by atoms with Gasteiger partial charge >= 0.3 is 5.97 Å². The molecule has 4 rings (SSSR count). The minimum atomic E-state index is -1.23. The van der Waals surface area contributed by atoms with Crippen LogP contribution in [0.5, 0.6) is 0 Å². The van der Waals surface area contributed by atoms with E-state index in [1.807, 2.05) is 55.4 Å². The molecule has 0 aliphatic carbocycles. The monoisotopic (exact) mass is 659 g/mol. The Morgan fingerprint density at radius 2 is 1.81 bits per heavy atom. The van der Waals surface area contributed by atoms with Crippen molar-refractivity contribution in [3.05, 3.63) is 69.3 Å². The quantitative estimate of drug-likeness (QED) is 0.0388. The predicted molar refractivity (Wildman–Crippen MR) is 185 cm³/mol. The van der Waals surface area contributed by atoms with Gasteiger partial charge < -0.3 is 30.7 Å². The number of hydrogen-bond donors (Lipinski definition) is 5. The molecule has 1 atom stereocenters. The van der Waals surface area contributed by atoms with E-state index in [2.05, 4.69) is 22.0 Å². The van der Waals surface area contributed by atoms with Gasteiger partial charge in [0, 0.05) is 17.0 Å². The number of carboxylic acids is 1. The Labute approximate surface area is 275 Å². The molecule has 1 aromatic carbocycles. The summed E-state index contributed by atoms with van der Waals surface area (Å²) in [5.74, 6) is 9.40. The van der Waals surface area contributed by atoms with Gasteiger partial charge in [-0.1, -0.05) is 62.0 Å². The Morgan fingerprint density at radius 3 is 2.34 bits per heavy atom. The molecule has 1 aliphatic rings. The number of aliphatic carboxylic acids is 1. The fourth-order valence-corrected chi connectivity index (χ4v) is 4.34. The number of halogens is 1. The lowest BCUT2D eigenvalue weighted by atomic mass is 10.0. The number of hydrazine groups is 1. The summed E-state index contributed by atoms with van der Waals surface area (Å²) in [5.41, 5.74) is 1.92. The number of fused-ring (bicyclic) bond motifs is 4. The molecule has 0 amide bonds. The number of nitrogens with one attached hydrogen (secondary N) is 1. The molecule has 3 heterocycles. The van der Waals surface area contributed by atoms with E-state index in [1.54, 1.807) is 12.1 Å². The highest BCUT2D eigenvalue weighted by Crippen LogP contribution is 2.35. The number of aliphatic hydroxyl groups excluding tert-OH is 1. The molecule has 0 saturated carbocycles. The molecule has 7 N–H and O–H groups in total. The first-order chi connectivity index (χ1) is 22.5. The van der Waals surface area contributed by atoms with E-state index in [4.69, 9.17) is 21.5 Å². The van der Waals surface area contributed by atoms with Crippen molar-refractivity contribution in [2.45, 2.75) is 81.6 Å². The zero-order valence-corrected chi connectivity index (χ0v) is 28.8. The van der Waals surface area contributed by atoms with Crippen molar-refractivity contribution in [3.63, 3.8) is 0 Å². The number of hydrazone groups is 1. The number of pyridine rings is 2. The normalized spacial score (nSPS) is 11.3. The fourth-order valence-electron chi connectivity index (χ4n) is 4.34. The van der Waals surface area contributed by atoms with E-state index in [0.29, 0.717) is 33.4 Å². The standard InChI is InChI=1S/C25H26FN7O6.4C2H6/c1-12(25(37)38)8-33(28)22(31-27)7-29-20-4-14-3-15-9-32-21(23(15)30-19(14)6-18(20)26)5-16(13(2)35)17(24(32)36)10-39-11-34;4*1-2/h3-6,11,13,29,35H,1,7-10,27-28H2,2H3,(H,37,38);4*1-2H3/b31-22-;;;;. The zero-order chi connectivity index (χ0) is 36.4. The fraction of sp³-hybridized carbons (Fsp3) is 0.424. The van der Waals surface area contributed by atoms with E-state index in [0.717, 1.165) is 5.01 Å². The smallest absolute Gasteiger partial charge is 0.332 e. The van der Waals surface area contributed by atoms with Crippen LogP contribution in [-0.2, 0) is 27.5 Å². The SMILES string of the molecule is C=C(CN(N)/C(CNc1cc2cc3c(nc2cc1F)-c1cc(C(C)O)c(COC=O)c(=O)n1C3)=N\N)C(=O)O.CC.CC.CC.CC. The van der Waals surface area contributed by atoms with Crippen molar-refractivity contribution in [1.82, 2.24) is 14.6 Å². The first kappa shape index (κ1) is 42.2. The lowest BCUT2D eigenvalue weighted by Crippen LogP contribution is -2.43. The summed E-state index contributed by atoms with van der Waals surface area (Å²) in [5, 5.41) is 27.2. The minimum Gasteiger partial charge on any atom is -0.478 e. The molecule has 0 bridgehead atoms. The summed E-state index contributed by atoms with van der Waals surface area (Å²) in [6, 6.07) is 6.16. The molecule has 0 radical (unpaired) electrons. The molecule has 47 heavy (non-hydrogen) atoms. The van der Waals surface area contributed by atoms with Gasteiger partial charge in [0.25, 0.3) is 12.0 Å². The van der Waals surface area contributed by atoms with Crippen LogP contribution in [0.4, 0.5) is 10.1 Å². The van der Waals surface area contributed by atoms with Gasteiger partial charge in [0.05, 0.1) is 59.5 Å². The topological polar surface area (TPSA) is 198 Å². The van der Waals surface area contributed by atoms with Crippen LogP contribution in [0.2, 0.25) is 0 Å². The number of carbonyl (C=O) groups excluding carboxylic acids is 1. The van der Waals surface area contributed by atoms with Crippen molar-refractivity contribution >= 4 is 34.9 Å². The number of nitrogens with zero attached hydrogens (tertiary/aromatic N) is 4. The van der Waals surface area contributed by atoms with Crippen molar-refractivity contribution < 1.29 is 28.9 Å². The number of carboxylic acid groups (broad SMARTS) is 1. The molecular weight excluding hydrogens is 609 g/mol. The first-order valence-corrected chi connectivity index (χ1v) is 15.6. The largest absolute Gasteiger partial charge is 0.478 e. The van der Waals surface area contributed by atoms with Crippen molar-refractivity contribution in [2.24, 2.45) is 16.8 Å². The maximum absolute atomic E-state index is 15.0. The summed E-state index contributed by atoms with van der Waals surface area (Å²) in [6.07, 6.45) is -1.00. The van der Waals surface area contributed by atoms with Gasteiger partial charge in [-0.15, -0.1) is 0 Å². The van der Waals surface area contributed by atoms with Gasteiger partial charge in [0.15, 0.2) is 5.84 Å². The van der Waals surface area contributed by atoms with E-state index >= 15 is 4.39 Å². The highest BCUT2D eigenvalue weighted by Gasteiger charge is 2.27. The van der Waals surface area contributed by atoms with Crippen LogP contribution >= 0.6 is 0 Å². The summed E-state index contributed by atoms with van der Waals surface area (Å²) in [7, 11) is 0. The van der Waals surface area contributed by atoms with Crippen LogP contribution in [0.1, 0.15) is 85.1 Å². The average molecular weight is 660 g/mol. The zero-order valence-electron chi connectivity index (χ0n) is 28.8. The third-order valence-electron chi connectivity index (χ3n) is 6.32. The van der Waals surface area contributed by atoms with E-state index in [9.17, 15) is 19.5 Å². The number of rotatable bonds is 10. The maximum Gasteiger partial charge on any atom is 0.332 e. The third kappa shape index (κ3) is 10.3. The molecule has 0 saturated heterocycles. The van der Waals surface area contributed by atoms with Crippen LogP contribution in [-0.4, -0.2) is 56.1 Å². The van der Waals surface area contributed by atoms with Crippen LogP contribution in [0.15, 0.2) is 46.3 Å². The number of hydrogen-bond acceptors (Lipinski definition) is 10. The molecule has 13 nitrogen and oxygen atoms in total. The highest BCUT2D eigenvalue weighted by atomic mass is 19.1. The van der Waals surface area contributed by atoms with Gasteiger partial charge in [-0.25, -0.2) is 20.0 Å². The second-order valence-electron chi connectivity index (χ2n) is 8.89. The maximum atomic E-state index is 15.0. The van der Waals surface area contributed by atoms with E-state index < -0.39 is 23.4 Å². The van der Waals surface area contributed by atoms with Gasteiger partial charge in [-0.2, -0.15) is 5.10 Å². The number of aromatic nitrogens is 2. The Kier molecular flexibility index (Phi) is 18.9. The molecule has 260 valence electrons. The Morgan fingerprint density at radius 1 is 1.19 bits per heavy atom. The van der Waals surface area contributed by atoms with Crippen LogP contribution in [0.3, 0.4) is 0 Å². The number of amidine groups is 1. The number of benzene rings is 1. The minimum absolute atomic E-state index is 0.0575. The second-order valence-corrected chi connectivity index (χ2v) is 8.89. The van der Waals surface area contributed by atoms with Crippen molar-refractivity contribution in [3.8, 4) is 11.4 Å². The summed E-state index contributed by atoms with van der Waals surface area (Å²) >= 11 is 0. The molecule has 0 spiro atoms. The Hall–Kier alpha value is -4.82. The van der Waals surface area contributed by atoms with E-state index in [1.165, 1.54) is 23.6 Å². The predicted octanol–water partition coefficient (Wildman–Crippen LogP) is 4.90. The number of ether oxygens (including phenoxy) is 1. The van der Waals surface area contributed by atoms with Gasteiger partial charge in [0.1, 0.15) is 12.4 Å². The number of nitrogens with two attached hydrogens (primary N) is 2. The van der Waals surface area contributed by atoms with Gasteiger partial charge in [0.2, 0.25) is 0 Å². The lowest BCUT2D eigenvalue weighted by molar-refractivity contribution is -0.133. The summed E-state index contributed by atoms with van der Waals surface area (Å²) in [4.78, 5) is 39.5. The summed E-state index contributed by atoms with van der Waals surface area (Å²) < 4.78 is 21.3. The summed E-state index contributed by atoms with van der Waals surface area (Å²) in [6.45, 7) is 20.7. The molecule has 0 fully saturated rings. The Balaban J connectivity index is 0.00000246. The second kappa shape index (κ2) is 21.1. The number of carbonyl (C=O) groups is 2. The van der Waals surface area contributed by atoms with E-state index in [-0.39, 0.29) is 55.4 Å². The first-order valence-electron chi connectivity index (χ1n) is 15.6. The number of anilines is 1. The van der Waals surface area contributed by atoms with Gasteiger partial charge in [-0.05, 0) is 30.7 Å². The van der Waals surface area contributed by atoms with Crippen LogP contribution in [0.25, 0.3) is 22.3 Å². The van der Waals surface area contributed by atoms with Gasteiger partial charge in [-0.3, -0.25) is 14.6 Å². The molecule has 1 aliphatic heterocycles. The lowest BCUT2D eigenvalue weighted by Gasteiger charge is -2.20.